The zero-order valence-corrected chi connectivity index (χ0v) is 49.2. The first-order valence-electron chi connectivity index (χ1n) is 31.9. The van der Waals surface area contributed by atoms with Crippen LogP contribution in [-0.4, -0.2) is 140 Å². The highest BCUT2D eigenvalue weighted by Gasteiger charge is 2.51. The quantitative estimate of drug-likeness (QED) is 0.0204. The largest absolute Gasteiger partial charge is 0.394 e. The topological polar surface area (TPSA) is 228 Å². The first-order valence-corrected chi connectivity index (χ1v) is 31.9. The van der Waals surface area contributed by atoms with Crippen molar-refractivity contribution in [2.24, 2.45) is 0 Å². The van der Waals surface area contributed by atoms with Gasteiger partial charge in [-0.2, -0.15) is 0 Å². The molecule has 0 radical (unpaired) electrons. The number of nitrogens with one attached hydrogen (secondary N) is 1. The number of allylic oxidation sites excluding steroid dienone is 7. The molecule has 0 aromatic heterocycles. The average Bonchev–Trinajstić information content (AvgIpc) is 3.44. The van der Waals surface area contributed by atoms with E-state index in [1.54, 1.807) is 6.08 Å². The predicted molar refractivity (Wildman–Crippen MR) is 314 cm³/mol. The van der Waals surface area contributed by atoms with Crippen LogP contribution in [0.4, 0.5) is 0 Å². The second-order valence-electron chi connectivity index (χ2n) is 22.5. The highest BCUT2D eigenvalue weighted by molar-refractivity contribution is 5.76. The molecule has 0 spiro atoms. The molecule has 12 unspecified atom stereocenters. The third kappa shape index (κ3) is 34.4. The molecule has 9 N–H and O–H groups in total. The number of aliphatic hydroxyl groups is 8. The minimum Gasteiger partial charge on any atom is -0.394 e. The highest BCUT2D eigenvalue weighted by atomic mass is 16.7. The summed E-state index contributed by atoms with van der Waals surface area (Å²) in [5.74, 6) is -0.252. The summed E-state index contributed by atoms with van der Waals surface area (Å²) in [4.78, 5) is 13.3. The molecule has 0 bridgehead atoms. The van der Waals surface area contributed by atoms with Crippen LogP contribution in [0.25, 0.3) is 0 Å². The average molecular weight is 1110 g/mol. The van der Waals surface area contributed by atoms with Gasteiger partial charge in [-0.25, -0.2) is 0 Å². The van der Waals surface area contributed by atoms with E-state index in [2.05, 4.69) is 55.6 Å². The van der Waals surface area contributed by atoms with Gasteiger partial charge in [0.05, 0.1) is 32.0 Å². The van der Waals surface area contributed by atoms with Crippen LogP contribution in [0.15, 0.2) is 48.6 Å². The van der Waals surface area contributed by atoms with Gasteiger partial charge in [0.1, 0.15) is 48.8 Å². The first kappa shape index (κ1) is 72.1. The number of unbranched alkanes of at least 4 members (excludes halogenated alkanes) is 32. The molecule has 2 aliphatic heterocycles. The highest BCUT2D eigenvalue weighted by Crippen LogP contribution is 2.30. The Morgan fingerprint density at radius 3 is 1.26 bits per heavy atom. The van der Waals surface area contributed by atoms with Crippen LogP contribution in [-0.2, 0) is 23.7 Å². The Balaban J connectivity index is 1.75. The molecule has 12 atom stereocenters. The molecule has 2 heterocycles. The number of carbonyl (C=O) groups is 1. The predicted octanol–water partition coefficient (Wildman–Crippen LogP) is 11.6. The summed E-state index contributed by atoms with van der Waals surface area (Å²) in [7, 11) is 0. The van der Waals surface area contributed by atoms with E-state index in [9.17, 15) is 45.6 Å². The number of hydrogen-bond acceptors (Lipinski definition) is 13. The van der Waals surface area contributed by atoms with E-state index in [0.29, 0.717) is 12.8 Å². The fourth-order valence-electron chi connectivity index (χ4n) is 10.3. The van der Waals surface area contributed by atoms with Gasteiger partial charge in [0.15, 0.2) is 12.6 Å². The lowest BCUT2D eigenvalue weighted by molar-refractivity contribution is -0.359. The molecule has 0 aromatic carbocycles. The molecule has 78 heavy (non-hydrogen) atoms. The SMILES string of the molecule is CCCCCCCCCC/C=C\CCCCCCCCCCCCCCCC(=O)NC(COC1OC(CO)C(OC2OC(CO)C(O)C(O)C2O)C(O)C1O)C(O)/C=C/CC/C=C/CC/C=C/CCCCCCCCCCC. The van der Waals surface area contributed by atoms with Crippen LogP contribution in [0.2, 0.25) is 0 Å². The van der Waals surface area contributed by atoms with Gasteiger partial charge in [0.2, 0.25) is 5.91 Å². The second-order valence-corrected chi connectivity index (χ2v) is 22.5. The summed E-state index contributed by atoms with van der Waals surface area (Å²) in [5.41, 5.74) is 0. The van der Waals surface area contributed by atoms with E-state index < -0.39 is 86.8 Å². The Hall–Kier alpha value is -2.05. The van der Waals surface area contributed by atoms with Gasteiger partial charge in [-0.1, -0.05) is 229 Å². The molecule has 14 nitrogen and oxygen atoms in total. The van der Waals surface area contributed by atoms with Crippen LogP contribution in [0.3, 0.4) is 0 Å². The summed E-state index contributed by atoms with van der Waals surface area (Å²) in [6.45, 7) is 2.79. The van der Waals surface area contributed by atoms with E-state index in [1.165, 1.54) is 180 Å². The Labute approximate surface area is 473 Å². The van der Waals surface area contributed by atoms with Gasteiger partial charge >= 0.3 is 0 Å². The van der Waals surface area contributed by atoms with Crippen LogP contribution < -0.4 is 5.32 Å². The fourth-order valence-corrected chi connectivity index (χ4v) is 10.3. The normalized spacial score (nSPS) is 24.8. The minimum absolute atomic E-state index is 0.252. The molecular weight excluding hydrogens is 991 g/mol. The van der Waals surface area contributed by atoms with Crippen molar-refractivity contribution in [3.8, 4) is 0 Å². The van der Waals surface area contributed by atoms with Crippen LogP contribution in [0, 0.1) is 0 Å². The molecule has 2 fully saturated rings. The molecule has 2 saturated heterocycles. The second kappa shape index (κ2) is 49.5. The zero-order chi connectivity index (χ0) is 56.7. The Kier molecular flexibility index (Phi) is 45.8. The van der Waals surface area contributed by atoms with Crippen molar-refractivity contribution in [1.29, 1.82) is 0 Å². The van der Waals surface area contributed by atoms with Crippen molar-refractivity contribution in [2.75, 3.05) is 19.8 Å². The molecular formula is C64H117NO13. The molecule has 456 valence electrons. The Morgan fingerprint density at radius 1 is 0.449 bits per heavy atom. The maximum absolute atomic E-state index is 13.3. The molecule has 2 rings (SSSR count). The molecule has 0 saturated carbocycles. The van der Waals surface area contributed by atoms with Crippen molar-refractivity contribution in [3.05, 3.63) is 48.6 Å². The van der Waals surface area contributed by atoms with Gasteiger partial charge in [-0.3, -0.25) is 4.79 Å². The smallest absolute Gasteiger partial charge is 0.220 e. The summed E-state index contributed by atoms with van der Waals surface area (Å²) in [6.07, 6.45) is 45.8. The third-order valence-corrected chi connectivity index (χ3v) is 15.5. The number of ether oxygens (including phenoxy) is 4. The number of amides is 1. The Morgan fingerprint density at radius 2 is 0.821 bits per heavy atom. The molecule has 1 amide bonds. The van der Waals surface area contributed by atoms with Crippen molar-refractivity contribution in [2.45, 2.75) is 331 Å². The van der Waals surface area contributed by atoms with E-state index in [1.807, 2.05) is 6.08 Å². The Bertz CT molecular complexity index is 1490. The van der Waals surface area contributed by atoms with E-state index in [4.69, 9.17) is 18.9 Å². The summed E-state index contributed by atoms with van der Waals surface area (Å²) in [6, 6.07) is -0.938. The van der Waals surface area contributed by atoms with Gasteiger partial charge in [0, 0.05) is 6.42 Å². The minimum atomic E-state index is -1.79. The van der Waals surface area contributed by atoms with E-state index in [0.717, 1.165) is 44.9 Å². The lowest BCUT2D eigenvalue weighted by Gasteiger charge is -2.46. The van der Waals surface area contributed by atoms with Crippen molar-refractivity contribution in [1.82, 2.24) is 5.32 Å². The lowest BCUT2D eigenvalue weighted by Crippen LogP contribution is -2.65. The molecule has 0 aromatic rings. The molecule has 2 aliphatic rings. The standard InChI is InChI=1S/C64H117NO13/c1-3-5-7-9-11-13-15-17-19-21-23-24-25-26-27-28-30-32-34-36-38-40-42-44-46-48-56(69)65-52(53(68)47-45-43-41-39-37-35-33-31-29-22-20-18-16-14-12-10-8-6-4-2)51-75-63-61(74)59(72)62(55(50-67)77-63)78-64-60(73)58(71)57(70)54(49-66)76-64/h21,23,29,31,37,39,45,47,52-55,57-64,66-68,70-74H,3-20,22,24-28,30,32-36,38,40-44,46,48-51H2,1-2H3,(H,65,69)/b23-21-,31-29+,39-37+,47-45+. The fraction of sp³-hybridized carbons (Fsp3) is 0.859. The van der Waals surface area contributed by atoms with Gasteiger partial charge in [0.25, 0.3) is 0 Å². The van der Waals surface area contributed by atoms with Gasteiger partial charge < -0.3 is 65.1 Å². The van der Waals surface area contributed by atoms with Crippen molar-refractivity contribution < 1.29 is 64.6 Å². The van der Waals surface area contributed by atoms with Gasteiger partial charge in [-0.15, -0.1) is 0 Å². The lowest BCUT2D eigenvalue weighted by atomic mass is 9.97. The van der Waals surface area contributed by atoms with Crippen LogP contribution in [0.1, 0.15) is 258 Å². The summed E-state index contributed by atoms with van der Waals surface area (Å²) >= 11 is 0. The molecule has 14 heteroatoms. The molecule has 0 aliphatic carbocycles. The maximum Gasteiger partial charge on any atom is 0.220 e. The van der Waals surface area contributed by atoms with Crippen molar-refractivity contribution >= 4 is 5.91 Å². The monoisotopic (exact) mass is 1110 g/mol. The van der Waals surface area contributed by atoms with Crippen molar-refractivity contribution in [3.63, 3.8) is 0 Å². The summed E-state index contributed by atoms with van der Waals surface area (Å²) in [5, 5.41) is 87.2. The van der Waals surface area contributed by atoms with Crippen LogP contribution in [0.5, 0.6) is 0 Å². The number of hydrogen-bond donors (Lipinski definition) is 9. The number of rotatable bonds is 51. The number of aliphatic hydroxyl groups excluding tert-OH is 8. The van der Waals surface area contributed by atoms with Crippen LogP contribution >= 0.6 is 0 Å². The first-order chi connectivity index (χ1) is 38.1. The van der Waals surface area contributed by atoms with Gasteiger partial charge in [-0.05, 0) is 70.6 Å². The summed E-state index contributed by atoms with van der Waals surface area (Å²) < 4.78 is 22.8. The van der Waals surface area contributed by atoms with E-state index >= 15 is 0 Å². The maximum atomic E-state index is 13.3. The zero-order valence-electron chi connectivity index (χ0n) is 49.2. The number of carbonyl (C=O) groups excluding carboxylic acids is 1. The third-order valence-electron chi connectivity index (χ3n) is 15.5. The van der Waals surface area contributed by atoms with E-state index in [-0.39, 0.29) is 18.9 Å².